The van der Waals surface area contributed by atoms with Crippen LogP contribution < -0.4 is 10.5 Å². The number of nitrogens with zero attached hydrogens (tertiary/aromatic N) is 2. The monoisotopic (exact) mass is 331 g/mol. The number of amides is 1. The highest BCUT2D eigenvalue weighted by molar-refractivity contribution is 9.10. The van der Waals surface area contributed by atoms with Gasteiger partial charge in [0.15, 0.2) is 0 Å². The zero-order valence-electron chi connectivity index (χ0n) is 10.3. The molecule has 1 aromatic carbocycles. The maximum absolute atomic E-state index is 11.3. The summed E-state index contributed by atoms with van der Waals surface area (Å²) in [4.78, 5) is 15.3. The van der Waals surface area contributed by atoms with Crippen molar-refractivity contribution in [2.24, 2.45) is 5.73 Å². The Balaban J connectivity index is 2.20. The zero-order valence-corrected chi connectivity index (χ0v) is 11.9. The maximum Gasteiger partial charge on any atom is 0.252 e. The summed E-state index contributed by atoms with van der Waals surface area (Å²) in [6.07, 6.45) is 3.07. The van der Waals surface area contributed by atoms with E-state index < -0.39 is 5.91 Å². The lowest BCUT2D eigenvalue weighted by Gasteiger charge is -2.10. The number of primary amides is 1. The molecule has 0 aliphatic carbocycles. The number of ether oxygens (including phenoxy) is 1. The lowest BCUT2D eigenvalue weighted by molar-refractivity contribution is 0.0996. The third-order valence-corrected chi connectivity index (χ3v) is 3.02. The van der Waals surface area contributed by atoms with Crippen molar-refractivity contribution in [3.05, 3.63) is 57.8 Å². The Morgan fingerprint density at radius 1 is 1.40 bits per heavy atom. The fourth-order valence-electron chi connectivity index (χ4n) is 1.61. The van der Waals surface area contributed by atoms with Crippen LogP contribution in [0.15, 0.2) is 41.1 Å². The molecule has 2 N–H and O–H groups in total. The first-order valence-electron chi connectivity index (χ1n) is 5.66. The number of hydrogen-bond acceptors (Lipinski definition) is 4. The first-order chi connectivity index (χ1) is 9.60. The number of benzene rings is 1. The number of nitrogens with two attached hydrogens (primary N) is 1. The maximum atomic E-state index is 11.3. The molecule has 0 radical (unpaired) electrons. The molecule has 1 heterocycles. The minimum atomic E-state index is -0.559. The smallest absolute Gasteiger partial charge is 0.252 e. The molecule has 1 aromatic heterocycles. The lowest BCUT2D eigenvalue weighted by atomic mass is 10.2. The van der Waals surface area contributed by atoms with Crippen molar-refractivity contribution in [3.63, 3.8) is 0 Å². The predicted molar refractivity (Wildman–Crippen MR) is 75.9 cm³/mol. The average molecular weight is 332 g/mol. The predicted octanol–water partition coefficient (Wildman–Crippen LogP) is 2.39. The normalized spacial score (nSPS) is 9.80. The Morgan fingerprint density at radius 2 is 2.20 bits per heavy atom. The van der Waals surface area contributed by atoms with Gasteiger partial charge in [-0.25, -0.2) is 0 Å². The van der Waals surface area contributed by atoms with Crippen molar-refractivity contribution in [2.75, 3.05) is 0 Å². The van der Waals surface area contributed by atoms with Crippen LogP contribution in [0, 0.1) is 11.3 Å². The van der Waals surface area contributed by atoms with Gasteiger partial charge in [0.05, 0.1) is 11.1 Å². The molecular weight excluding hydrogens is 322 g/mol. The molecule has 0 atom stereocenters. The first-order valence-corrected chi connectivity index (χ1v) is 6.45. The van der Waals surface area contributed by atoms with Crippen LogP contribution in [0.3, 0.4) is 0 Å². The van der Waals surface area contributed by atoms with Crippen molar-refractivity contribution in [1.29, 1.82) is 5.26 Å². The molecule has 0 saturated carbocycles. The third-order valence-electron chi connectivity index (χ3n) is 2.53. The van der Waals surface area contributed by atoms with E-state index in [4.69, 9.17) is 15.7 Å². The van der Waals surface area contributed by atoms with E-state index in [2.05, 4.69) is 20.9 Å². The summed E-state index contributed by atoms with van der Waals surface area (Å²) in [6, 6.07) is 8.65. The molecule has 100 valence electrons. The molecule has 20 heavy (non-hydrogen) atoms. The number of halogens is 1. The lowest BCUT2D eigenvalue weighted by Crippen LogP contribution is -2.13. The Hall–Kier alpha value is -2.39. The topological polar surface area (TPSA) is 89.0 Å². The number of carbonyl (C=O) groups is 1. The number of pyridine rings is 1. The van der Waals surface area contributed by atoms with Crippen molar-refractivity contribution in [3.8, 4) is 11.8 Å². The summed E-state index contributed by atoms with van der Waals surface area (Å²) in [5.41, 5.74) is 6.78. The van der Waals surface area contributed by atoms with Crippen LogP contribution in [0.2, 0.25) is 0 Å². The molecular formula is C14H10BrN3O2. The highest BCUT2D eigenvalue weighted by atomic mass is 79.9. The highest BCUT2D eigenvalue weighted by Crippen LogP contribution is 2.24. The fraction of sp³-hybridized carbons (Fsp3) is 0.0714. The van der Waals surface area contributed by atoms with E-state index in [0.717, 1.165) is 10.0 Å². The molecule has 0 spiro atoms. The van der Waals surface area contributed by atoms with Crippen LogP contribution in [0.1, 0.15) is 21.5 Å². The van der Waals surface area contributed by atoms with Gasteiger partial charge in [-0.1, -0.05) is 15.9 Å². The van der Waals surface area contributed by atoms with E-state index in [1.165, 1.54) is 6.20 Å². The minimum absolute atomic E-state index is 0.194. The molecule has 0 aliphatic heterocycles. The van der Waals surface area contributed by atoms with Gasteiger partial charge in [0, 0.05) is 22.4 Å². The number of rotatable bonds is 4. The Kier molecular flexibility index (Phi) is 4.33. The SMILES string of the molecule is N#Cc1cncc(COc2cc(Br)ccc2C(N)=O)c1. The van der Waals surface area contributed by atoms with Crippen molar-refractivity contribution in [2.45, 2.75) is 6.61 Å². The minimum Gasteiger partial charge on any atom is -0.488 e. The number of nitriles is 1. The van der Waals surface area contributed by atoms with Crippen molar-refractivity contribution >= 4 is 21.8 Å². The van der Waals surface area contributed by atoms with Gasteiger partial charge < -0.3 is 10.5 Å². The van der Waals surface area contributed by atoms with Crippen LogP contribution in [0.4, 0.5) is 0 Å². The van der Waals surface area contributed by atoms with Crippen LogP contribution >= 0.6 is 15.9 Å². The molecule has 0 fully saturated rings. The first kappa shape index (κ1) is 14.0. The fourth-order valence-corrected chi connectivity index (χ4v) is 1.95. The third kappa shape index (κ3) is 3.33. The van der Waals surface area contributed by atoms with Gasteiger partial charge in [-0.15, -0.1) is 0 Å². The Morgan fingerprint density at radius 3 is 2.90 bits per heavy atom. The van der Waals surface area contributed by atoms with E-state index in [1.807, 2.05) is 6.07 Å². The van der Waals surface area contributed by atoms with Gasteiger partial charge >= 0.3 is 0 Å². The van der Waals surface area contributed by atoms with Gasteiger partial charge in [-0.05, 0) is 24.3 Å². The van der Waals surface area contributed by atoms with E-state index in [0.29, 0.717) is 16.9 Å². The van der Waals surface area contributed by atoms with Crippen LogP contribution in [-0.2, 0) is 6.61 Å². The van der Waals surface area contributed by atoms with Crippen molar-refractivity contribution < 1.29 is 9.53 Å². The Labute approximate surface area is 124 Å². The summed E-state index contributed by atoms with van der Waals surface area (Å²) in [5, 5.41) is 8.80. The van der Waals surface area contributed by atoms with E-state index in [9.17, 15) is 4.79 Å². The molecule has 0 bridgehead atoms. The summed E-state index contributed by atoms with van der Waals surface area (Å²) in [6.45, 7) is 0.194. The second kappa shape index (κ2) is 6.17. The van der Waals surface area contributed by atoms with Crippen molar-refractivity contribution in [1.82, 2.24) is 4.98 Å². The van der Waals surface area contributed by atoms with Crippen LogP contribution in [0.25, 0.3) is 0 Å². The molecule has 1 amide bonds. The molecule has 0 aliphatic rings. The second-order valence-corrected chi connectivity index (χ2v) is 4.90. The van der Waals surface area contributed by atoms with Crippen LogP contribution in [0.5, 0.6) is 5.75 Å². The summed E-state index contributed by atoms with van der Waals surface area (Å²) >= 11 is 3.31. The van der Waals surface area contributed by atoms with Gasteiger partial charge in [0.1, 0.15) is 18.4 Å². The zero-order chi connectivity index (χ0) is 14.5. The van der Waals surface area contributed by atoms with E-state index >= 15 is 0 Å². The summed E-state index contributed by atoms with van der Waals surface area (Å²) in [5.74, 6) is -0.175. The molecule has 2 aromatic rings. The molecule has 6 heteroatoms. The average Bonchev–Trinajstić information content (AvgIpc) is 2.45. The molecule has 0 unspecified atom stereocenters. The van der Waals surface area contributed by atoms with Crippen LogP contribution in [-0.4, -0.2) is 10.9 Å². The number of hydrogen-bond donors (Lipinski definition) is 1. The van der Waals surface area contributed by atoms with Gasteiger partial charge in [0.2, 0.25) is 0 Å². The second-order valence-electron chi connectivity index (χ2n) is 3.99. The summed E-state index contributed by atoms with van der Waals surface area (Å²) in [7, 11) is 0. The van der Waals surface area contributed by atoms with E-state index in [-0.39, 0.29) is 6.61 Å². The Bertz CT molecular complexity index is 695. The largest absolute Gasteiger partial charge is 0.488 e. The number of carbonyl (C=O) groups excluding carboxylic acids is 1. The molecule has 5 nitrogen and oxygen atoms in total. The summed E-state index contributed by atoms with van der Waals surface area (Å²) < 4.78 is 6.36. The standard InChI is InChI=1S/C14H10BrN3O2/c15-11-1-2-12(14(17)19)13(4-11)20-8-10-3-9(5-16)6-18-7-10/h1-4,6-7H,8H2,(H2,17,19). The van der Waals surface area contributed by atoms with Gasteiger partial charge in [0.25, 0.3) is 5.91 Å². The molecule has 0 saturated heterocycles. The highest BCUT2D eigenvalue weighted by Gasteiger charge is 2.10. The quantitative estimate of drug-likeness (QED) is 0.931. The molecule has 2 rings (SSSR count). The van der Waals surface area contributed by atoms with Gasteiger partial charge in [-0.2, -0.15) is 5.26 Å². The van der Waals surface area contributed by atoms with E-state index in [1.54, 1.807) is 30.5 Å². The van der Waals surface area contributed by atoms with Gasteiger partial charge in [-0.3, -0.25) is 9.78 Å². The number of aromatic nitrogens is 1.